The Morgan fingerprint density at radius 2 is 1.75 bits per heavy atom. The Kier molecular flexibility index (Phi) is 2.54. The van der Waals surface area contributed by atoms with Gasteiger partial charge in [0.25, 0.3) is 0 Å². The molecule has 1 rings (SSSR count). The third-order valence-electron chi connectivity index (χ3n) is 1.91. The van der Waals surface area contributed by atoms with E-state index in [1.165, 1.54) is 9.80 Å². The van der Waals surface area contributed by atoms with Gasteiger partial charge in [-0.2, -0.15) is 0 Å². The molecule has 0 bridgehead atoms. The number of β-amino-alcohol motifs (C(OH)–C–C–N with tert-alkyl or cyclic N) is 2. The van der Waals surface area contributed by atoms with Gasteiger partial charge in [0.15, 0.2) is 0 Å². The second-order valence-corrected chi connectivity index (χ2v) is 3.22. The zero-order valence-electron chi connectivity index (χ0n) is 7.27. The van der Waals surface area contributed by atoms with Gasteiger partial charge in [0.1, 0.15) is 0 Å². The van der Waals surface area contributed by atoms with Crippen LogP contribution >= 0.6 is 0 Å². The highest BCUT2D eigenvalue weighted by atomic mass is 16.3. The smallest absolute Gasteiger partial charge is 0.319 e. The second-order valence-electron chi connectivity index (χ2n) is 3.22. The average molecular weight is 174 g/mol. The highest BCUT2D eigenvalue weighted by Crippen LogP contribution is 2.10. The predicted molar refractivity (Wildman–Crippen MR) is 42.7 cm³/mol. The van der Waals surface area contributed by atoms with Gasteiger partial charge >= 0.3 is 6.03 Å². The Hall–Kier alpha value is -0.810. The molecule has 1 saturated heterocycles. The lowest BCUT2D eigenvalue weighted by Gasteiger charge is -2.20. The Balaban J connectivity index is 2.52. The molecule has 5 heteroatoms. The molecule has 0 radical (unpaired) electrons. The predicted octanol–water partition coefficient (Wildman–Crippen LogP) is -1.29. The van der Waals surface area contributed by atoms with Crippen molar-refractivity contribution < 1.29 is 15.0 Å². The molecule has 1 fully saturated rings. The van der Waals surface area contributed by atoms with Crippen molar-refractivity contribution in [2.75, 3.05) is 27.2 Å². The summed E-state index contributed by atoms with van der Waals surface area (Å²) in [6, 6.07) is -0.175. The van der Waals surface area contributed by atoms with E-state index in [0.717, 1.165) is 0 Å². The zero-order chi connectivity index (χ0) is 9.30. The maximum atomic E-state index is 11.3. The highest BCUT2D eigenvalue weighted by molar-refractivity contribution is 5.74. The van der Waals surface area contributed by atoms with Crippen LogP contribution in [0.15, 0.2) is 0 Å². The van der Waals surface area contributed by atoms with E-state index in [-0.39, 0.29) is 19.1 Å². The van der Waals surface area contributed by atoms with Crippen LogP contribution < -0.4 is 0 Å². The normalized spacial score (nSPS) is 29.2. The van der Waals surface area contributed by atoms with Crippen LogP contribution in [0.2, 0.25) is 0 Å². The fraction of sp³-hybridized carbons (Fsp3) is 0.857. The van der Waals surface area contributed by atoms with Crippen LogP contribution in [-0.4, -0.2) is 65.4 Å². The molecule has 2 unspecified atom stereocenters. The molecule has 70 valence electrons. The van der Waals surface area contributed by atoms with Gasteiger partial charge in [0.05, 0.1) is 25.3 Å². The van der Waals surface area contributed by atoms with Gasteiger partial charge in [-0.15, -0.1) is 0 Å². The van der Waals surface area contributed by atoms with E-state index in [2.05, 4.69) is 0 Å². The van der Waals surface area contributed by atoms with Crippen molar-refractivity contribution in [3.63, 3.8) is 0 Å². The summed E-state index contributed by atoms with van der Waals surface area (Å²) in [5.74, 6) is 0. The molecule has 2 N–H and O–H groups in total. The molecule has 5 nitrogen and oxygen atoms in total. The first-order valence-corrected chi connectivity index (χ1v) is 3.84. The van der Waals surface area contributed by atoms with Gasteiger partial charge in [-0.1, -0.05) is 0 Å². The van der Waals surface area contributed by atoms with E-state index < -0.39 is 12.2 Å². The standard InChI is InChI=1S/C7H14N2O3/c1-8(2)7(12)9-3-5(10)6(11)4-9/h5-6,10-11H,3-4H2,1-2H3. The van der Waals surface area contributed by atoms with Crippen molar-refractivity contribution in [3.05, 3.63) is 0 Å². The van der Waals surface area contributed by atoms with Gasteiger partial charge in [0.2, 0.25) is 0 Å². The third kappa shape index (κ3) is 1.67. The Bertz CT molecular complexity index is 173. The Morgan fingerprint density at radius 3 is 2.08 bits per heavy atom. The summed E-state index contributed by atoms with van der Waals surface area (Å²) < 4.78 is 0. The summed E-state index contributed by atoms with van der Waals surface area (Å²) >= 11 is 0. The molecule has 2 amide bonds. The maximum absolute atomic E-state index is 11.3. The van der Waals surface area contributed by atoms with E-state index in [1.807, 2.05) is 0 Å². The van der Waals surface area contributed by atoms with Gasteiger partial charge < -0.3 is 20.0 Å². The van der Waals surface area contributed by atoms with Gasteiger partial charge in [-0.25, -0.2) is 4.79 Å². The fourth-order valence-electron chi connectivity index (χ4n) is 1.21. The summed E-state index contributed by atoms with van der Waals surface area (Å²) in [4.78, 5) is 14.1. The molecule has 0 aromatic rings. The zero-order valence-corrected chi connectivity index (χ0v) is 7.27. The quantitative estimate of drug-likeness (QED) is 0.480. The highest BCUT2D eigenvalue weighted by Gasteiger charge is 2.32. The molecular weight excluding hydrogens is 160 g/mol. The molecular formula is C7H14N2O3. The van der Waals surface area contributed by atoms with E-state index in [9.17, 15) is 4.79 Å². The fourth-order valence-corrected chi connectivity index (χ4v) is 1.21. The van der Waals surface area contributed by atoms with Crippen LogP contribution in [0.4, 0.5) is 4.79 Å². The summed E-state index contributed by atoms with van der Waals surface area (Å²) in [5.41, 5.74) is 0. The van der Waals surface area contributed by atoms with E-state index in [0.29, 0.717) is 0 Å². The number of hydrogen-bond acceptors (Lipinski definition) is 3. The van der Waals surface area contributed by atoms with Crippen molar-refractivity contribution in [3.8, 4) is 0 Å². The maximum Gasteiger partial charge on any atom is 0.319 e. The molecule has 1 heterocycles. The molecule has 0 aromatic heterocycles. The first kappa shape index (κ1) is 9.28. The lowest BCUT2D eigenvalue weighted by Crippen LogP contribution is -2.38. The number of amides is 2. The van der Waals surface area contributed by atoms with Crippen LogP contribution in [0.25, 0.3) is 0 Å². The number of rotatable bonds is 0. The Morgan fingerprint density at radius 1 is 1.33 bits per heavy atom. The number of urea groups is 1. The van der Waals surface area contributed by atoms with Crippen molar-refractivity contribution in [1.29, 1.82) is 0 Å². The number of hydrogen-bond donors (Lipinski definition) is 2. The number of likely N-dealkylation sites (tertiary alicyclic amines) is 1. The molecule has 2 atom stereocenters. The van der Waals surface area contributed by atoms with Crippen molar-refractivity contribution in [2.45, 2.75) is 12.2 Å². The number of carbonyl (C=O) groups excluding carboxylic acids is 1. The van der Waals surface area contributed by atoms with Crippen LogP contribution in [-0.2, 0) is 0 Å². The first-order chi connectivity index (χ1) is 5.52. The number of aliphatic hydroxyl groups excluding tert-OH is 2. The Labute approximate surface area is 71.2 Å². The van der Waals surface area contributed by atoms with Crippen LogP contribution in [0.3, 0.4) is 0 Å². The van der Waals surface area contributed by atoms with Gasteiger partial charge in [0, 0.05) is 14.1 Å². The molecule has 0 spiro atoms. The largest absolute Gasteiger partial charge is 0.388 e. The topological polar surface area (TPSA) is 64.0 Å². The minimum atomic E-state index is -0.797. The minimum absolute atomic E-state index is 0.175. The number of nitrogens with zero attached hydrogens (tertiary/aromatic N) is 2. The van der Waals surface area contributed by atoms with Crippen LogP contribution in [0, 0.1) is 0 Å². The summed E-state index contributed by atoms with van der Waals surface area (Å²) in [7, 11) is 3.28. The molecule has 0 aliphatic carbocycles. The monoisotopic (exact) mass is 174 g/mol. The molecule has 0 aromatic carbocycles. The molecule has 1 aliphatic heterocycles. The summed E-state index contributed by atoms with van der Waals surface area (Å²) in [5, 5.41) is 18.3. The van der Waals surface area contributed by atoms with E-state index >= 15 is 0 Å². The lowest BCUT2D eigenvalue weighted by atomic mass is 10.3. The van der Waals surface area contributed by atoms with E-state index in [1.54, 1.807) is 14.1 Å². The molecule has 1 aliphatic rings. The van der Waals surface area contributed by atoms with Crippen molar-refractivity contribution >= 4 is 6.03 Å². The molecule has 0 saturated carbocycles. The van der Waals surface area contributed by atoms with Gasteiger partial charge in [-0.3, -0.25) is 0 Å². The lowest BCUT2D eigenvalue weighted by molar-refractivity contribution is 0.0572. The average Bonchev–Trinajstić information content (AvgIpc) is 2.30. The van der Waals surface area contributed by atoms with E-state index in [4.69, 9.17) is 10.2 Å². The van der Waals surface area contributed by atoms with Gasteiger partial charge in [-0.05, 0) is 0 Å². The summed E-state index contributed by atoms with van der Waals surface area (Å²) in [6.07, 6.45) is -1.59. The second kappa shape index (κ2) is 3.28. The van der Waals surface area contributed by atoms with Crippen molar-refractivity contribution in [2.24, 2.45) is 0 Å². The van der Waals surface area contributed by atoms with Crippen LogP contribution in [0.5, 0.6) is 0 Å². The minimum Gasteiger partial charge on any atom is -0.388 e. The number of carbonyl (C=O) groups is 1. The SMILES string of the molecule is CN(C)C(=O)N1CC(O)C(O)C1. The first-order valence-electron chi connectivity index (χ1n) is 3.84. The number of aliphatic hydroxyl groups is 2. The third-order valence-corrected chi connectivity index (χ3v) is 1.91. The van der Waals surface area contributed by atoms with Crippen LogP contribution in [0.1, 0.15) is 0 Å². The van der Waals surface area contributed by atoms with Crippen molar-refractivity contribution in [1.82, 2.24) is 9.80 Å². The molecule has 12 heavy (non-hydrogen) atoms. The summed E-state index contributed by atoms with van der Waals surface area (Å²) in [6.45, 7) is 0.441.